The second kappa shape index (κ2) is 25.6. The van der Waals surface area contributed by atoms with E-state index in [9.17, 15) is 10.2 Å². The van der Waals surface area contributed by atoms with E-state index < -0.39 is 0 Å². The molecule has 0 amide bonds. The molecule has 2 aliphatic rings. The van der Waals surface area contributed by atoms with E-state index in [4.69, 9.17) is 10.2 Å². The summed E-state index contributed by atoms with van der Waals surface area (Å²) in [5.74, 6) is 1.39. The molecular weight excluding hydrogens is 637 g/mol. The van der Waals surface area contributed by atoms with Crippen molar-refractivity contribution in [2.75, 3.05) is 0 Å². The molecule has 2 aliphatic carbocycles. The maximum atomic E-state index is 11.6. The maximum Gasteiger partial charge on any atom is 0.146 e. The largest absolute Gasteiger partial charge is 0.505 e. The van der Waals surface area contributed by atoms with Gasteiger partial charge < -0.3 is 10.2 Å². The second-order valence-corrected chi connectivity index (χ2v) is 16.8. The van der Waals surface area contributed by atoms with Crippen molar-refractivity contribution >= 4 is 11.4 Å². The Hall–Kier alpha value is -2.36. The molecule has 0 spiro atoms. The summed E-state index contributed by atoms with van der Waals surface area (Å²) >= 11 is 0. The van der Waals surface area contributed by atoms with Gasteiger partial charge in [0.15, 0.2) is 0 Å². The summed E-state index contributed by atoms with van der Waals surface area (Å²) in [7, 11) is 0. The van der Waals surface area contributed by atoms with Gasteiger partial charge in [-0.05, 0) is 97.6 Å². The van der Waals surface area contributed by atoms with Gasteiger partial charge in [0.05, 0.1) is 0 Å². The molecule has 2 fully saturated rings. The Kier molecular flexibility index (Phi) is 20.9. The molecule has 0 bridgehead atoms. The number of hydrogen-bond acceptors (Lipinski definition) is 4. The number of hydrogen-bond donors (Lipinski definition) is 2. The lowest BCUT2D eigenvalue weighted by Crippen LogP contribution is -2.06. The summed E-state index contributed by atoms with van der Waals surface area (Å²) in [6, 6.07) is 8.71. The number of aryl methyl sites for hydroxylation is 2. The van der Waals surface area contributed by atoms with Gasteiger partial charge in [0.25, 0.3) is 0 Å². The molecule has 0 radical (unpaired) electrons. The lowest BCUT2D eigenvalue weighted by Gasteiger charge is -2.24. The van der Waals surface area contributed by atoms with Crippen LogP contribution >= 0.6 is 0 Å². The van der Waals surface area contributed by atoms with Crippen LogP contribution in [0.25, 0.3) is 0 Å². The van der Waals surface area contributed by atoms with Crippen LogP contribution in [0.1, 0.15) is 241 Å². The zero-order chi connectivity index (χ0) is 36.6. The van der Waals surface area contributed by atoms with Crippen molar-refractivity contribution in [3.8, 4) is 11.5 Å². The fraction of sp³-hybridized carbons (Fsp3) is 0.750. The summed E-state index contributed by atoms with van der Waals surface area (Å²) in [6.07, 6.45) is 40.8. The number of azo groups is 1. The molecule has 0 heterocycles. The molecule has 4 rings (SSSR count). The van der Waals surface area contributed by atoms with E-state index in [2.05, 4.69) is 38.1 Å². The molecule has 0 saturated heterocycles. The Balaban J connectivity index is 1.43. The first-order valence-electron chi connectivity index (χ1n) is 22.7. The quantitative estimate of drug-likeness (QED) is 0.0752. The molecule has 0 unspecified atom stereocenters. The van der Waals surface area contributed by atoms with E-state index in [0.717, 1.165) is 49.7 Å². The van der Waals surface area contributed by atoms with Crippen LogP contribution < -0.4 is 0 Å². The standard InChI is InChI=1S/C48H78N2O2/c1-3-5-7-9-11-13-15-17-19-23-29-39-35-43(41-31-25-21-26-32-41)47(51)45(37-39)49-50-46-38-40(30-24-20-18-16-14-12-10-8-6-4-2)36-44(48(46)52)42-33-27-22-28-34-42/h35-38,41-42,51-52H,3-34H2,1-2H3/b50-49+. The number of benzene rings is 2. The molecule has 292 valence electrons. The summed E-state index contributed by atoms with van der Waals surface area (Å²) < 4.78 is 0. The fourth-order valence-electron chi connectivity index (χ4n) is 9.03. The van der Waals surface area contributed by atoms with Gasteiger partial charge >= 0.3 is 0 Å². The van der Waals surface area contributed by atoms with Crippen molar-refractivity contribution in [3.05, 3.63) is 46.5 Å². The van der Waals surface area contributed by atoms with Gasteiger partial charge in [0, 0.05) is 0 Å². The monoisotopic (exact) mass is 715 g/mol. The van der Waals surface area contributed by atoms with Crippen LogP contribution in [0.4, 0.5) is 11.4 Å². The van der Waals surface area contributed by atoms with Crippen LogP contribution in [0, 0.1) is 0 Å². The van der Waals surface area contributed by atoms with Gasteiger partial charge in [-0.3, -0.25) is 0 Å². The summed E-state index contributed by atoms with van der Waals surface area (Å²) in [4.78, 5) is 0. The third-order valence-electron chi connectivity index (χ3n) is 12.4. The van der Waals surface area contributed by atoms with Crippen LogP contribution in [0.5, 0.6) is 11.5 Å². The van der Waals surface area contributed by atoms with Gasteiger partial charge in [-0.2, -0.15) is 0 Å². The first-order valence-corrected chi connectivity index (χ1v) is 22.7. The van der Waals surface area contributed by atoms with E-state index >= 15 is 0 Å². The average molecular weight is 715 g/mol. The van der Waals surface area contributed by atoms with Crippen LogP contribution in [0.15, 0.2) is 34.5 Å². The second-order valence-electron chi connectivity index (χ2n) is 16.8. The van der Waals surface area contributed by atoms with E-state index in [0.29, 0.717) is 34.7 Å². The van der Waals surface area contributed by atoms with Gasteiger partial charge in [0.1, 0.15) is 22.9 Å². The number of aromatic hydroxyl groups is 2. The van der Waals surface area contributed by atoms with Crippen molar-refractivity contribution in [2.24, 2.45) is 10.2 Å². The Morgan fingerprint density at radius 1 is 0.423 bits per heavy atom. The molecule has 2 N–H and O–H groups in total. The molecule has 2 saturated carbocycles. The minimum atomic E-state index is 0.302. The SMILES string of the molecule is CCCCCCCCCCCCc1cc(/N=N/c2cc(CCCCCCCCCCCC)cc(C3CCCCC3)c2O)c(O)c(C2CCCCC2)c1. The topological polar surface area (TPSA) is 65.2 Å². The van der Waals surface area contributed by atoms with Crippen molar-refractivity contribution in [2.45, 2.75) is 231 Å². The summed E-state index contributed by atoms with van der Waals surface area (Å²) in [5.41, 5.74) is 5.83. The number of phenols is 2. The number of unbranched alkanes of at least 4 members (excludes halogenated alkanes) is 18. The minimum Gasteiger partial charge on any atom is -0.505 e. The normalized spacial score (nSPS) is 16.0. The molecule has 2 aromatic carbocycles. The van der Waals surface area contributed by atoms with Crippen LogP contribution in [0.2, 0.25) is 0 Å². The highest BCUT2D eigenvalue weighted by Crippen LogP contribution is 2.45. The molecule has 4 heteroatoms. The van der Waals surface area contributed by atoms with Crippen molar-refractivity contribution < 1.29 is 10.2 Å². The minimum absolute atomic E-state index is 0.302. The predicted molar refractivity (Wildman–Crippen MR) is 223 cm³/mol. The molecule has 0 atom stereocenters. The Labute approximate surface area is 320 Å². The van der Waals surface area contributed by atoms with Gasteiger partial charge in [-0.1, -0.05) is 180 Å². The third-order valence-corrected chi connectivity index (χ3v) is 12.4. The Bertz CT molecular complexity index is 1180. The summed E-state index contributed by atoms with van der Waals surface area (Å²) in [6.45, 7) is 4.57. The highest BCUT2D eigenvalue weighted by molar-refractivity contribution is 5.61. The van der Waals surface area contributed by atoms with Gasteiger partial charge in [0.2, 0.25) is 0 Å². The average Bonchev–Trinajstić information content (AvgIpc) is 3.17. The van der Waals surface area contributed by atoms with Crippen molar-refractivity contribution in [3.63, 3.8) is 0 Å². The molecule has 0 aromatic heterocycles. The molecule has 4 nitrogen and oxygen atoms in total. The zero-order valence-corrected chi connectivity index (χ0v) is 33.9. The number of nitrogens with zero attached hydrogens (tertiary/aromatic N) is 2. The highest BCUT2D eigenvalue weighted by atomic mass is 16.3. The lowest BCUT2D eigenvalue weighted by atomic mass is 9.82. The molecule has 0 aliphatic heterocycles. The van der Waals surface area contributed by atoms with Crippen molar-refractivity contribution in [1.82, 2.24) is 0 Å². The molecule has 52 heavy (non-hydrogen) atoms. The Morgan fingerprint density at radius 3 is 1.06 bits per heavy atom. The maximum absolute atomic E-state index is 11.6. The van der Waals surface area contributed by atoms with Crippen molar-refractivity contribution in [1.29, 1.82) is 0 Å². The van der Waals surface area contributed by atoms with Gasteiger partial charge in [-0.15, -0.1) is 10.2 Å². The zero-order valence-electron chi connectivity index (χ0n) is 33.9. The number of phenolic OH excluding ortho intramolecular Hbond substituents is 2. The Morgan fingerprint density at radius 2 is 0.731 bits per heavy atom. The van der Waals surface area contributed by atoms with E-state index in [1.807, 2.05) is 0 Å². The lowest BCUT2D eigenvalue weighted by molar-refractivity contribution is 0.413. The fourth-order valence-corrected chi connectivity index (χ4v) is 9.03. The highest BCUT2D eigenvalue weighted by Gasteiger charge is 2.23. The van der Waals surface area contributed by atoms with E-state index in [-0.39, 0.29) is 0 Å². The van der Waals surface area contributed by atoms with Gasteiger partial charge in [-0.25, -0.2) is 0 Å². The summed E-state index contributed by atoms with van der Waals surface area (Å²) in [5, 5.41) is 32.7. The van der Waals surface area contributed by atoms with E-state index in [1.54, 1.807) is 0 Å². The molecule has 2 aromatic rings. The number of rotatable bonds is 26. The van der Waals surface area contributed by atoms with Crippen LogP contribution in [-0.2, 0) is 12.8 Å². The van der Waals surface area contributed by atoms with E-state index in [1.165, 1.54) is 178 Å². The third kappa shape index (κ3) is 15.2. The smallest absolute Gasteiger partial charge is 0.146 e. The van der Waals surface area contributed by atoms with Crippen LogP contribution in [-0.4, -0.2) is 10.2 Å². The van der Waals surface area contributed by atoms with Crippen LogP contribution in [0.3, 0.4) is 0 Å². The molecular formula is C48H78N2O2. The predicted octanol–water partition coefficient (Wildman–Crippen LogP) is 16.5. The first-order chi connectivity index (χ1) is 25.6. The first kappa shape index (κ1) is 42.4.